The Balaban J connectivity index is 1.69. The number of likely N-dealkylation sites (tertiary alicyclic amines) is 1. The normalized spacial score (nSPS) is 20.3. The Morgan fingerprint density at radius 3 is 2.96 bits per heavy atom. The highest BCUT2D eigenvalue weighted by Crippen LogP contribution is 2.23. The number of nitrogens with zero attached hydrogens (tertiary/aromatic N) is 4. The van der Waals surface area contributed by atoms with E-state index in [0.717, 1.165) is 13.0 Å². The molecule has 7 nitrogen and oxygen atoms in total. The van der Waals surface area contributed by atoms with Gasteiger partial charge in [-0.2, -0.15) is 5.10 Å². The zero-order valence-corrected chi connectivity index (χ0v) is 14.0. The fourth-order valence-electron chi connectivity index (χ4n) is 2.89. The van der Waals surface area contributed by atoms with Crippen LogP contribution in [0.3, 0.4) is 0 Å². The van der Waals surface area contributed by atoms with E-state index in [2.05, 4.69) is 10.1 Å². The third-order valence-corrected chi connectivity index (χ3v) is 4.25. The lowest BCUT2D eigenvalue weighted by Crippen LogP contribution is -2.39. The van der Waals surface area contributed by atoms with E-state index in [9.17, 15) is 4.79 Å². The molecule has 2 aromatic rings. The van der Waals surface area contributed by atoms with Gasteiger partial charge in [0, 0.05) is 32.6 Å². The number of carbonyl (C=O) groups is 1. The smallest absolute Gasteiger partial charge is 0.257 e. The highest BCUT2D eigenvalue weighted by molar-refractivity contribution is 5.94. The molecule has 128 valence electrons. The number of aryl methyl sites for hydroxylation is 1. The first kappa shape index (κ1) is 16.4. The summed E-state index contributed by atoms with van der Waals surface area (Å²) in [7, 11) is 1.67. The van der Waals surface area contributed by atoms with Crippen molar-refractivity contribution in [3.8, 4) is 5.75 Å². The lowest BCUT2D eigenvalue weighted by molar-refractivity contribution is 0.0658. The molecule has 0 aliphatic carbocycles. The first-order valence-electron chi connectivity index (χ1n) is 8.10. The summed E-state index contributed by atoms with van der Waals surface area (Å²) in [4.78, 5) is 18.7. The van der Waals surface area contributed by atoms with Crippen molar-refractivity contribution in [1.82, 2.24) is 19.7 Å². The first-order valence-corrected chi connectivity index (χ1v) is 8.10. The molecule has 7 heteroatoms. The number of amides is 1. The Hall–Kier alpha value is -2.41. The van der Waals surface area contributed by atoms with Crippen LogP contribution in [0.15, 0.2) is 36.9 Å². The van der Waals surface area contributed by atoms with Gasteiger partial charge in [-0.3, -0.25) is 14.5 Å². The number of hydrogen-bond donors (Lipinski definition) is 0. The largest absolute Gasteiger partial charge is 0.490 e. The minimum atomic E-state index is -0.0346. The maximum Gasteiger partial charge on any atom is 0.257 e. The summed E-state index contributed by atoms with van der Waals surface area (Å²) in [5, 5.41) is 4.18. The molecule has 0 bridgehead atoms. The van der Waals surface area contributed by atoms with Gasteiger partial charge in [-0.1, -0.05) is 0 Å². The predicted octanol–water partition coefficient (Wildman–Crippen LogP) is 1.61. The van der Waals surface area contributed by atoms with E-state index in [1.807, 2.05) is 24.0 Å². The summed E-state index contributed by atoms with van der Waals surface area (Å²) in [5.74, 6) is 0.665. The van der Waals surface area contributed by atoms with Gasteiger partial charge in [0.05, 0.1) is 30.1 Å². The Morgan fingerprint density at radius 2 is 2.29 bits per heavy atom. The number of hydrogen-bond acceptors (Lipinski definition) is 5. The molecule has 0 saturated carbocycles. The molecule has 24 heavy (non-hydrogen) atoms. The summed E-state index contributed by atoms with van der Waals surface area (Å²) in [6.07, 6.45) is 7.54. The first-order chi connectivity index (χ1) is 11.7. The van der Waals surface area contributed by atoms with E-state index in [1.54, 1.807) is 36.6 Å². The molecule has 1 fully saturated rings. The molecule has 3 rings (SSSR count). The summed E-state index contributed by atoms with van der Waals surface area (Å²) >= 11 is 0. The zero-order chi connectivity index (χ0) is 16.9. The van der Waals surface area contributed by atoms with Crippen LogP contribution in [0.4, 0.5) is 0 Å². The molecule has 3 heterocycles. The number of pyridine rings is 1. The van der Waals surface area contributed by atoms with Crippen LogP contribution in [0.25, 0.3) is 0 Å². The number of aromatic nitrogens is 3. The van der Waals surface area contributed by atoms with Gasteiger partial charge in [0.25, 0.3) is 5.91 Å². The van der Waals surface area contributed by atoms with Crippen LogP contribution in [-0.2, 0) is 11.3 Å². The van der Waals surface area contributed by atoms with Crippen molar-refractivity contribution in [2.45, 2.75) is 32.0 Å². The van der Waals surface area contributed by atoms with Gasteiger partial charge in [-0.15, -0.1) is 0 Å². The third kappa shape index (κ3) is 3.56. The van der Waals surface area contributed by atoms with E-state index in [1.165, 1.54) is 0 Å². The van der Waals surface area contributed by atoms with Gasteiger partial charge in [0.15, 0.2) is 0 Å². The second-order valence-electron chi connectivity index (χ2n) is 5.79. The minimum absolute atomic E-state index is 0.0256. The highest BCUT2D eigenvalue weighted by atomic mass is 16.5. The molecule has 0 aromatic carbocycles. The monoisotopic (exact) mass is 330 g/mol. The van der Waals surface area contributed by atoms with Gasteiger partial charge in [-0.25, -0.2) is 0 Å². The van der Waals surface area contributed by atoms with E-state index >= 15 is 0 Å². The van der Waals surface area contributed by atoms with E-state index in [-0.39, 0.29) is 18.1 Å². The average Bonchev–Trinajstić information content (AvgIpc) is 3.27. The van der Waals surface area contributed by atoms with Crippen molar-refractivity contribution >= 4 is 5.91 Å². The summed E-state index contributed by atoms with van der Waals surface area (Å²) < 4.78 is 13.0. The summed E-state index contributed by atoms with van der Waals surface area (Å²) in [6, 6.07) is 3.64. The van der Waals surface area contributed by atoms with Crippen molar-refractivity contribution in [2.75, 3.05) is 20.3 Å². The fourth-order valence-corrected chi connectivity index (χ4v) is 2.89. The molecular weight excluding hydrogens is 308 g/mol. The molecule has 1 aliphatic heterocycles. The maximum atomic E-state index is 12.8. The topological polar surface area (TPSA) is 69.5 Å². The second-order valence-corrected chi connectivity index (χ2v) is 5.79. The van der Waals surface area contributed by atoms with Gasteiger partial charge in [0.1, 0.15) is 12.4 Å². The molecule has 0 spiro atoms. The standard InChI is InChI=1S/C17H22N4O3/c1-3-20-10-13(8-19-20)17(22)21-11-16(23-2)7-14(21)12-24-15-5-4-6-18-9-15/h4-6,8-10,14,16H,3,7,11-12H2,1-2H3/t14-,16+/m0/s1. The Bertz CT molecular complexity index is 673. The number of rotatable bonds is 6. The zero-order valence-electron chi connectivity index (χ0n) is 14.0. The molecule has 1 amide bonds. The van der Waals surface area contributed by atoms with Crippen molar-refractivity contribution in [3.05, 3.63) is 42.5 Å². The fraction of sp³-hybridized carbons (Fsp3) is 0.471. The Morgan fingerprint density at radius 1 is 1.42 bits per heavy atom. The number of carbonyl (C=O) groups excluding carboxylic acids is 1. The summed E-state index contributed by atoms with van der Waals surface area (Å²) in [5.41, 5.74) is 0.597. The number of methoxy groups -OCH3 is 1. The van der Waals surface area contributed by atoms with Crippen LogP contribution >= 0.6 is 0 Å². The van der Waals surface area contributed by atoms with Gasteiger partial charge in [0.2, 0.25) is 0 Å². The van der Waals surface area contributed by atoms with E-state index in [0.29, 0.717) is 24.5 Å². The van der Waals surface area contributed by atoms with Crippen LogP contribution in [0, 0.1) is 0 Å². The lowest BCUT2D eigenvalue weighted by Gasteiger charge is -2.24. The van der Waals surface area contributed by atoms with Crippen molar-refractivity contribution < 1.29 is 14.3 Å². The van der Waals surface area contributed by atoms with Crippen LogP contribution in [0.5, 0.6) is 5.75 Å². The van der Waals surface area contributed by atoms with Crippen molar-refractivity contribution in [2.24, 2.45) is 0 Å². The van der Waals surface area contributed by atoms with Crippen molar-refractivity contribution in [1.29, 1.82) is 0 Å². The third-order valence-electron chi connectivity index (χ3n) is 4.25. The average molecular weight is 330 g/mol. The van der Waals surface area contributed by atoms with E-state index < -0.39 is 0 Å². The quantitative estimate of drug-likeness (QED) is 0.805. The van der Waals surface area contributed by atoms with Gasteiger partial charge < -0.3 is 14.4 Å². The molecule has 0 unspecified atom stereocenters. The molecule has 2 atom stereocenters. The molecule has 1 aliphatic rings. The van der Waals surface area contributed by atoms with Crippen LogP contribution in [0.2, 0.25) is 0 Å². The Labute approximate surface area is 141 Å². The highest BCUT2D eigenvalue weighted by Gasteiger charge is 2.36. The van der Waals surface area contributed by atoms with E-state index in [4.69, 9.17) is 9.47 Å². The predicted molar refractivity (Wildman–Crippen MR) is 87.9 cm³/mol. The van der Waals surface area contributed by atoms with Crippen molar-refractivity contribution in [3.63, 3.8) is 0 Å². The van der Waals surface area contributed by atoms with Gasteiger partial charge in [-0.05, 0) is 25.5 Å². The molecule has 2 aromatic heterocycles. The lowest BCUT2D eigenvalue weighted by atomic mass is 10.2. The number of ether oxygens (including phenoxy) is 2. The van der Waals surface area contributed by atoms with Crippen LogP contribution in [0.1, 0.15) is 23.7 Å². The minimum Gasteiger partial charge on any atom is -0.490 e. The van der Waals surface area contributed by atoms with Gasteiger partial charge >= 0.3 is 0 Å². The van der Waals surface area contributed by atoms with Crippen LogP contribution in [-0.4, -0.2) is 58.0 Å². The SMILES string of the molecule is CCn1cc(C(=O)N2C[C@H](OC)C[C@H]2COc2cccnc2)cn1. The molecular formula is C17H22N4O3. The second kappa shape index (κ2) is 7.44. The molecule has 1 saturated heterocycles. The molecule has 0 N–H and O–H groups in total. The van der Waals surface area contributed by atoms with Crippen LogP contribution < -0.4 is 4.74 Å². The Kier molecular flexibility index (Phi) is 5.10. The maximum absolute atomic E-state index is 12.8. The molecule has 0 radical (unpaired) electrons. The summed E-state index contributed by atoms with van der Waals surface area (Å²) in [6.45, 7) is 3.71.